The number of hydrogen-bond donors (Lipinski definition) is 1. The fourth-order valence-electron chi connectivity index (χ4n) is 1.02. The van der Waals surface area contributed by atoms with E-state index < -0.39 is 9.84 Å². The van der Waals surface area contributed by atoms with Gasteiger partial charge in [0.2, 0.25) is 0 Å². The molecular weight excluding hydrogens is 214 g/mol. The Bertz CT molecular complexity index is 260. The van der Waals surface area contributed by atoms with Crippen LogP contribution in [0, 0.1) is 0 Å². The summed E-state index contributed by atoms with van der Waals surface area (Å²) < 4.78 is 27.6. The van der Waals surface area contributed by atoms with E-state index in [1.54, 1.807) is 14.0 Å². The van der Waals surface area contributed by atoms with Crippen LogP contribution in [-0.2, 0) is 14.6 Å². The first-order chi connectivity index (χ1) is 6.83. The Balaban J connectivity index is 3.57. The minimum atomic E-state index is -2.81. The summed E-state index contributed by atoms with van der Waals surface area (Å²) in [4.78, 5) is 0. The van der Waals surface area contributed by atoms with Crippen molar-refractivity contribution >= 4 is 9.84 Å². The molecule has 4 nitrogen and oxygen atoms in total. The molecule has 0 bridgehead atoms. The SMILES string of the molecule is CCS(=O)(=O)CCCNCC(C)(C)OC. The van der Waals surface area contributed by atoms with E-state index >= 15 is 0 Å². The first kappa shape index (κ1) is 14.9. The van der Waals surface area contributed by atoms with E-state index in [4.69, 9.17) is 4.74 Å². The fraction of sp³-hybridized carbons (Fsp3) is 1.00. The third-order valence-electron chi connectivity index (χ3n) is 2.35. The van der Waals surface area contributed by atoms with E-state index in [2.05, 4.69) is 5.32 Å². The third-order valence-corrected chi connectivity index (χ3v) is 4.14. The number of ether oxygens (including phenoxy) is 1. The molecule has 92 valence electrons. The van der Waals surface area contributed by atoms with Gasteiger partial charge in [0.25, 0.3) is 0 Å². The number of nitrogens with one attached hydrogen (secondary N) is 1. The molecule has 0 aromatic heterocycles. The number of methoxy groups -OCH3 is 1. The minimum Gasteiger partial charge on any atom is -0.377 e. The van der Waals surface area contributed by atoms with Gasteiger partial charge < -0.3 is 10.1 Å². The molecule has 0 spiro atoms. The summed E-state index contributed by atoms with van der Waals surface area (Å²) >= 11 is 0. The monoisotopic (exact) mass is 237 g/mol. The predicted molar refractivity (Wildman–Crippen MR) is 62.9 cm³/mol. The van der Waals surface area contributed by atoms with Crippen LogP contribution < -0.4 is 5.32 Å². The van der Waals surface area contributed by atoms with Gasteiger partial charge in [-0.3, -0.25) is 0 Å². The van der Waals surface area contributed by atoms with Gasteiger partial charge in [-0.1, -0.05) is 6.92 Å². The van der Waals surface area contributed by atoms with Crippen molar-refractivity contribution in [2.24, 2.45) is 0 Å². The molecule has 0 amide bonds. The summed E-state index contributed by atoms with van der Waals surface area (Å²) in [5, 5.41) is 3.18. The van der Waals surface area contributed by atoms with Crippen molar-refractivity contribution in [2.75, 3.05) is 31.7 Å². The van der Waals surface area contributed by atoms with Crippen molar-refractivity contribution in [3.05, 3.63) is 0 Å². The van der Waals surface area contributed by atoms with E-state index in [1.807, 2.05) is 13.8 Å². The minimum absolute atomic E-state index is 0.191. The van der Waals surface area contributed by atoms with Gasteiger partial charge >= 0.3 is 0 Å². The highest BCUT2D eigenvalue weighted by molar-refractivity contribution is 7.91. The van der Waals surface area contributed by atoms with Crippen LogP contribution in [0.1, 0.15) is 27.2 Å². The summed E-state index contributed by atoms with van der Waals surface area (Å²) in [7, 11) is -1.14. The van der Waals surface area contributed by atoms with Gasteiger partial charge in [0.15, 0.2) is 0 Å². The Morgan fingerprint density at radius 1 is 1.33 bits per heavy atom. The molecule has 0 saturated heterocycles. The Kier molecular flexibility index (Phi) is 6.40. The van der Waals surface area contributed by atoms with Crippen LogP contribution in [0.15, 0.2) is 0 Å². The normalized spacial score (nSPS) is 13.1. The fourth-order valence-corrected chi connectivity index (χ4v) is 1.90. The molecule has 0 aromatic rings. The number of hydrogen-bond acceptors (Lipinski definition) is 4. The van der Waals surface area contributed by atoms with E-state index in [1.165, 1.54) is 0 Å². The van der Waals surface area contributed by atoms with Gasteiger partial charge in [-0.2, -0.15) is 0 Å². The van der Waals surface area contributed by atoms with Gasteiger partial charge in [0.05, 0.1) is 11.4 Å². The molecule has 5 heteroatoms. The molecule has 0 aromatic carbocycles. The van der Waals surface area contributed by atoms with Crippen molar-refractivity contribution in [1.82, 2.24) is 5.32 Å². The Labute approximate surface area is 93.3 Å². The molecule has 0 rings (SSSR count). The maximum Gasteiger partial charge on any atom is 0.150 e. The molecule has 1 N–H and O–H groups in total. The molecule has 0 atom stereocenters. The molecule has 0 heterocycles. The topological polar surface area (TPSA) is 55.4 Å². The summed E-state index contributed by atoms with van der Waals surface area (Å²) in [5.41, 5.74) is -0.191. The van der Waals surface area contributed by atoms with E-state index in [0.717, 1.165) is 6.54 Å². The molecule has 0 aliphatic carbocycles. The third kappa shape index (κ3) is 7.76. The van der Waals surface area contributed by atoms with Crippen LogP contribution in [0.5, 0.6) is 0 Å². The first-order valence-corrected chi connectivity index (χ1v) is 7.11. The maximum atomic E-state index is 11.2. The smallest absolute Gasteiger partial charge is 0.150 e. The average Bonchev–Trinajstić information content (AvgIpc) is 2.17. The number of rotatable bonds is 8. The molecule has 0 unspecified atom stereocenters. The van der Waals surface area contributed by atoms with Crippen LogP contribution in [0.25, 0.3) is 0 Å². The van der Waals surface area contributed by atoms with Gasteiger partial charge in [-0.15, -0.1) is 0 Å². The summed E-state index contributed by atoms with van der Waals surface area (Å²) in [6.45, 7) is 7.10. The zero-order valence-electron chi connectivity index (χ0n) is 10.2. The van der Waals surface area contributed by atoms with Crippen LogP contribution in [-0.4, -0.2) is 45.7 Å². The molecule has 0 aliphatic rings. The second kappa shape index (κ2) is 6.45. The summed E-state index contributed by atoms with van der Waals surface area (Å²) in [5.74, 6) is 0.500. The van der Waals surface area contributed by atoms with E-state index in [-0.39, 0.29) is 17.1 Å². The Morgan fingerprint density at radius 3 is 2.40 bits per heavy atom. The van der Waals surface area contributed by atoms with E-state index in [9.17, 15) is 8.42 Å². The molecule has 0 radical (unpaired) electrons. The second-order valence-electron chi connectivity index (χ2n) is 4.23. The lowest BCUT2D eigenvalue weighted by molar-refractivity contribution is 0.0235. The number of sulfone groups is 1. The highest BCUT2D eigenvalue weighted by Gasteiger charge is 2.15. The van der Waals surface area contributed by atoms with Crippen molar-refractivity contribution < 1.29 is 13.2 Å². The lowest BCUT2D eigenvalue weighted by Crippen LogP contribution is -2.37. The summed E-state index contributed by atoms with van der Waals surface area (Å²) in [6, 6.07) is 0. The van der Waals surface area contributed by atoms with Gasteiger partial charge in [-0.25, -0.2) is 8.42 Å². The van der Waals surface area contributed by atoms with Crippen LogP contribution >= 0.6 is 0 Å². The zero-order valence-corrected chi connectivity index (χ0v) is 11.0. The lowest BCUT2D eigenvalue weighted by atomic mass is 10.1. The lowest BCUT2D eigenvalue weighted by Gasteiger charge is -2.23. The Hall–Kier alpha value is -0.130. The van der Waals surface area contributed by atoms with Crippen molar-refractivity contribution in [2.45, 2.75) is 32.8 Å². The zero-order chi connectivity index (χ0) is 11.9. The van der Waals surface area contributed by atoms with Crippen LogP contribution in [0.2, 0.25) is 0 Å². The molecule has 0 aliphatic heterocycles. The average molecular weight is 237 g/mol. The van der Waals surface area contributed by atoms with Gasteiger partial charge in [-0.05, 0) is 26.8 Å². The molecule has 0 fully saturated rings. The Morgan fingerprint density at radius 2 is 1.93 bits per heavy atom. The summed E-state index contributed by atoms with van der Waals surface area (Å²) in [6.07, 6.45) is 0.663. The second-order valence-corrected chi connectivity index (χ2v) is 6.70. The predicted octanol–water partition coefficient (Wildman–Crippen LogP) is 0.826. The quantitative estimate of drug-likeness (QED) is 0.635. The van der Waals surface area contributed by atoms with Crippen molar-refractivity contribution in [1.29, 1.82) is 0 Å². The van der Waals surface area contributed by atoms with Crippen molar-refractivity contribution in [3.63, 3.8) is 0 Å². The molecule has 0 saturated carbocycles. The largest absolute Gasteiger partial charge is 0.377 e. The van der Waals surface area contributed by atoms with Crippen LogP contribution in [0.3, 0.4) is 0 Å². The van der Waals surface area contributed by atoms with E-state index in [0.29, 0.717) is 13.0 Å². The van der Waals surface area contributed by atoms with Gasteiger partial charge in [0.1, 0.15) is 9.84 Å². The standard InChI is InChI=1S/C10H23NO3S/c1-5-15(12,13)8-6-7-11-9-10(2,3)14-4/h11H,5-9H2,1-4H3. The van der Waals surface area contributed by atoms with Crippen molar-refractivity contribution in [3.8, 4) is 0 Å². The molecular formula is C10H23NO3S. The van der Waals surface area contributed by atoms with Crippen LogP contribution in [0.4, 0.5) is 0 Å². The highest BCUT2D eigenvalue weighted by Crippen LogP contribution is 2.04. The first-order valence-electron chi connectivity index (χ1n) is 5.29. The van der Waals surface area contributed by atoms with Gasteiger partial charge in [0, 0.05) is 19.4 Å². The maximum absolute atomic E-state index is 11.2. The molecule has 15 heavy (non-hydrogen) atoms. The highest BCUT2D eigenvalue weighted by atomic mass is 32.2.